The first-order valence-corrected chi connectivity index (χ1v) is 8.77. The topological polar surface area (TPSA) is 6.48 Å². The van der Waals surface area contributed by atoms with Crippen LogP contribution in [0.3, 0.4) is 0 Å². The maximum Gasteiger partial charge on any atom is 0.208 e. The van der Waals surface area contributed by atoms with Gasteiger partial charge >= 0.3 is 0 Å². The average Bonchev–Trinajstić information content (AvgIpc) is 2.87. The van der Waals surface area contributed by atoms with Crippen LogP contribution in [0, 0.1) is 6.67 Å². The van der Waals surface area contributed by atoms with Crippen LogP contribution >= 0.6 is 0 Å². The monoisotopic (exact) mass is 286 g/mol. The molecule has 0 aliphatic carbocycles. The van der Waals surface area contributed by atoms with Crippen molar-refractivity contribution in [2.75, 3.05) is 22.9 Å². The normalized spacial score (nSPS) is 13.8. The highest BCUT2D eigenvalue weighted by molar-refractivity contribution is 5.78. The number of hydrogen-bond donors (Lipinski definition) is 0. The third-order valence-corrected chi connectivity index (χ3v) is 4.18. The summed E-state index contributed by atoms with van der Waals surface area (Å²) in [6.45, 7) is 10.3. The fraction of sp³-hybridized carbons (Fsp3) is 0.632. The second-order valence-electron chi connectivity index (χ2n) is 6.01. The number of fused-ring (bicyclic) bond motifs is 1. The molecule has 0 unspecified atom stereocenters. The van der Waals surface area contributed by atoms with E-state index in [9.17, 15) is 0 Å². The van der Waals surface area contributed by atoms with Crippen LogP contribution in [0.15, 0.2) is 24.3 Å². The number of hydrogen-bond acceptors (Lipinski definition) is 2. The SMILES string of the molecule is CCCCCCN1[C]N(CCCCCC)c2ccccc21. The van der Waals surface area contributed by atoms with E-state index in [1.165, 1.54) is 62.7 Å². The fourth-order valence-corrected chi connectivity index (χ4v) is 2.91. The van der Waals surface area contributed by atoms with Crippen LogP contribution in [0.1, 0.15) is 65.2 Å². The molecule has 0 amide bonds. The predicted molar refractivity (Wildman–Crippen MR) is 92.7 cm³/mol. The van der Waals surface area contributed by atoms with Gasteiger partial charge in [0, 0.05) is 13.1 Å². The third-order valence-electron chi connectivity index (χ3n) is 4.18. The van der Waals surface area contributed by atoms with Gasteiger partial charge in [0.25, 0.3) is 0 Å². The van der Waals surface area contributed by atoms with Crippen molar-refractivity contribution in [3.05, 3.63) is 30.9 Å². The molecule has 2 rings (SSSR count). The number of benzene rings is 1. The van der Waals surface area contributed by atoms with Gasteiger partial charge in [0.05, 0.1) is 11.4 Å². The first-order valence-electron chi connectivity index (χ1n) is 8.77. The molecule has 1 heterocycles. The Morgan fingerprint density at radius 2 is 1.19 bits per heavy atom. The van der Waals surface area contributed by atoms with Crippen LogP contribution in [0.25, 0.3) is 0 Å². The number of anilines is 2. The zero-order valence-corrected chi connectivity index (χ0v) is 13.8. The van der Waals surface area contributed by atoms with Crippen LogP contribution < -0.4 is 9.80 Å². The van der Waals surface area contributed by atoms with Crippen molar-refractivity contribution in [1.29, 1.82) is 0 Å². The van der Waals surface area contributed by atoms with Crippen molar-refractivity contribution in [3.63, 3.8) is 0 Å². The van der Waals surface area contributed by atoms with Gasteiger partial charge in [-0.2, -0.15) is 0 Å². The molecular formula is C19H30N2. The van der Waals surface area contributed by atoms with Crippen LogP contribution in [-0.4, -0.2) is 13.1 Å². The molecule has 0 spiro atoms. The zero-order chi connectivity index (χ0) is 14.9. The van der Waals surface area contributed by atoms with E-state index in [4.69, 9.17) is 0 Å². The van der Waals surface area contributed by atoms with Crippen molar-refractivity contribution in [1.82, 2.24) is 0 Å². The van der Waals surface area contributed by atoms with Crippen LogP contribution in [0.2, 0.25) is 0 Å². The molecular weight excluding hydrogens is 256 g/mol. The molecule has 2 nitrogen and oxygen atoms in total. The molecule has 1 aliphatic heterocycles. The van der Waals surface area contributed by atoms with Gasteiger partial charge in [-0.1, -0.05) is 64.5 Å². The molecule has 1 aromatic rings. The summed E-state index contributed by atoms with van der Waals surface area (Å²) < 4.78 is 0. The van der Waals surface area contributed by atoms with Gasteiger partial charge in [-0.15, -0.1) is 0 Å². The highest BCUT2D eigenvalue weighted by atomic mass is 15.4. The summed E-state index contributed by atoms with van der Waals surface area (Å²) >= 11 is 0. The number of nitrogens with zero attached hydrogens (tertiary/aromatic N) is 2. The molecule has 0 N–H and O–H groups in total. The zero-order valence-electron chi connectivity index (χ0n) is 13.8. The van der Waals surface area contributed by atoms with Gasteiger partial charge < -0.3 is 9.80 Å². The Morgan fingerprint density at radius 1 is 0.714 bits per heavy atom. The summed E-state index contributed by atoms with van der Waals surface area (Å²) in [7, 11) is 0. The van der Waals surface area contributed by atoms with Crippen LogP contribution in [-0.2, 0) is 0 Å². The van der Waals surface area contributed by atoms with Crippen molar-refractivity contribution >= 4 is 11.4 Å². The second kappa shape index (κ2) is 8.96. The molecule has 21 heavy (non-hydrogen) atoms. The Labute approximate surface area is 131 Å². The average molecular weight is 286 g/mol. The lowest BCUT2D eigenvalue weighted by Gasteiger charge is -2.19. The van der Waals surface area contributed by atoms with E-state index in [1.54, 1.807) is 0 Å². The molecule has 0 aromatic heterocycles. The Hall–Kier alpha value is -1.18. The van der Waals surface area contributed by atoms with Crippen molar-refractivity contribution in [3.8, 4) is 0 Å². The molecule has 2 heteroatoms. The molecule has 1 aromatic carbocycles. The third kappa shape index (κ3) is 4.66. The molecule has 0 atom stereocenters. The second-order valence-corrected chi connectivity index (χ2v) is 6.01. The van der Waals surface area contributed by atoms with E-state index in [2.05, 4.69) is 54.6 Å². The summed E-state index contributed by atoms with van der Waals surface area (Å²) in [5, 5.41) is 0. The van der Waals surface area contributed by atoms with Crippen molar-refractivity contribution in [2.24, 2.45) is 0 Å². The number of para-hydroxylation sites is 2. The lowest BCUT2D eigenvalue weighted by Crippen LogP contribution is -2.26. The largest absolute Gasteiger partial charge is 0.340 e. The first kappa shape index (κ1) is 16.2. The highest BCUT2D eigenvalue weighted by Crippen LogP contribution is 2.38. The minimum absolute atomic E-state index is 1.10. The minimum Gasteiger partial charge on any atom is -0.340 e. The molecule has 2 radical (unpaired) electrons. The molecule has 116 valence electrons. The minimum atomic E-state index is 1.10. The fourth-order valence-electron chi connectivity index (χ4n) is 2.91. The standard InChI is InChI=1S/C19H30N2/c1-3-5-7-11-15-20-17-21(16-12-8-6-4-2)19-14-10-9-13-18(19)20/h9-10,13-14H,3-8,11-12,15-16H2,1-2H3. The Balaban J connectivity index is 1.87. The number of unbranched alkanes of at least 4 members (excludes halogenated alkanes) is 6. The van der Waals surface area contributed by atoms with Gasteiger partial charge in [-0.25, -0.2) is 0 Å². The Bertz CT molecular complexity index is 365. The summed E-state index contributed by atoms with van der Waals surface area (Å²) in [5.41, 5.74) is 2.67. The van der Waals surface area contributed by atoms with Crippen molar-refractivity contribution < 1.29 is 0 Å². The Kier molecular flexibility index (Phi) is 6.91. The van der Waals surface area contributed by atoms with E-state index < -0.39 is 0 Å². The summed E-state index contributed by atoms with van der Waals surface area (Å²) in [5.74, 6) is 0. The van der Waals surface area contributed by atoms with E-state index in [1.807, 2.05) is 0 Å². The number of rotatable bonds is 10. The predicted octanol–water partition coefficient (Wildman–Crippen LogP) is 5.47. The lowest BCUT2D eigenvalue weighted by atomic mass is 10.2. The molecule has 0 bridgehead atoms. The maximum atomic E-state index is 3.58. The van der Waals surface area contributed by atoms with E-state index >= 15 is 0 Å². The van der Waals surface area contributed by atoms with E-state index in [-0.39, 0.29) is 0 Å². The summed E-state index contributed by atoms with van der Waals surface area (Å²) in [6, 6.07) is 8.74. The van der Waals surface area contributed by atoms with Gasteiger partial charge in [0.1, 0.15) is 0 Å². The summed E-state index contributed by atoms with van der Waals surface area (Å²) in [4.78, 5) is 4.65. The van der Waals surface area contributed by atoms with Gasteiger partial charge in [-0.05, 0) is 25.0 Å². The molecule has 1 aliphatic rings. The summed E-state index contributed by atoms with van der Waals surface area (Å²) in [6.07, 6.45) is 10.5. The van der Waals surface area contributed by atoms with Gasteiger partial charge in [0.15, 0.2) is 0 Å². The quantitative estimate of drug-likeness (QED) is 0.526. The van der Waals surface area contributed by atoms with Crippen LogP contribution in [0.5, 0.6) is 0 Å². The first-order chi connectivity index (χ1) is 10.4. The van der Waals surface area contributed by atoms with Crippen LogP contribution in [0.4, 0.5) is 11.4 Å². The smallest absolute Gasteiger partial charge is 0.208 e. The Morgan fingerprint density at radius 3 is 1.62 bits per heavy atom. The maximum absolute atomic E-state index is 3.58. The van der Waals surface area contributed by atoms with E-state index in [0.29, 0.717) is 0 Å². The molecule has 0 saturated carbocycles. The van der Waals surface area contributed by atoms with Gasteiger partial charge in [0.2, 0.25) is 6.67 Å². The molecule has 0 saturated heterocycles. The highest BCUT2D eigenvalue weighted by Gasteiger charge is 2.26. The van der Waals surface area contributed by atoms with Gasteiger partial charge in [-0.3, -0.25) is 0 Å². The molecule has 0 fully saturated rings. The van der Waals surface area contributed by atoms with Crippen molar-refractivity contribution in [2.45, 2.75) is 65.2 Å². The van der Waals surface area contributed by atoms with E-state index in [0.717, 1.165) is 13.1 Å². The lowest BCUT2D eigenvalue weighted by molar-refractivity contribution is 0.646.